The molecule has 126 valence electrons. The number of ether oxygens (including phenoxy) is 1. The predicted molar refractivity (Wildman–Crippen MR) is 58.0 cm³/mol. The topological polar surface area (TPSA) is 203 Å². The van der Waals surface area contributed by atoms with Crippen LogP contribution < -0.4 is 24.4 Å². The molecule has 1 fully saturated rings. The van der Waals surface area contributed by atoms with E-state index in [1.165, 1.54) is 0 Å². The van der Waals surface area contributed by atoms with E-state index in [1.807, 2.05) is 0 Å². The first-order chi connectivity index (χ1) is 9.30. The van der Waals surface area contributed by atoms with Gasteiger partial charge in [0.25, 0.3) is 0 Å². The van der Waals surface area contributed by atoms with Crippen molar-refractivity contribution in [3.05, 3.63) is 0 Å². The zero-order chi connectivity index (χ0) is 16.5. The number of hydrogen-bond acceptors (Lipinski definition) is 11. The number of rotatable bonds is 7. The molecule has 0 aromatic heterocycles. The molecule has 15 heteroatoms. The third-order valence-electron chi connectivity index (χ3n) is 2.27. The number of aliphatic hydroxyl groups excluding tert-OH is 1. The second kappa shape index (κ2) is 6.84. The maximum Gasteiger partial charge on any atom is 0.214 e. The first kappa shape index (κ1) is 19.4. The normalized spacial score (nSPS) is 32.6. The monoisotopic (exact) mass is 367 g/mol. The van der Waals surface area contributed by atoms with Crippen molar-refractivity contribution in [2.24, 2.45) is 0 Å². The number of hydrogen-bond donors (Lipinski definition) is 2. The summed E-state index contributed by atoms with van der Waals surface area (Å²) < 4.78 is 44.8. The van der Waals surface area contributed by atoms with Crippen LogP contribution in [0.4, 0.5) is 0 Å². The van der Waals surface area contributed by atoms with Gasteiger partial charge in [0, 0.05) is 6.42 Å². The Morgan fingerprint density at radius 2 is 1.81 bits per heavy atom. The van der Waals surface area contributed by atoms with E-state index in [0.717, 1.165) is 4.86 Å². The third kappa shape index (κ3) is 7.43. The number of phosphoric acid groups is 1. The number of aliphatic hydroxyl groups is 1. The molecule has 0 aromatic carbocycles. The van der Waals surface area contributed by atoms with Gasteiger partial charge in [-0.15, -0.1) is 0 Å². The average Bonchev–Trinajstić information content (AvgIpc) is 2.48. The quantitative estimate of drug-likeness (QED) is 0.430. The lowest BCUT2D eigenvalue weighted by atomic mass is 10.1. The van der Waals surface area contributed by atoms with E-state index >= 15 is 0 Å². The molecule has 0 bridgehead atoms. The highest BCUT2D eigenvalue weighted by atomic mass is 31.3. The standard InChI is InChI=1S/C6H16NO11P3/c1-4-2-5(8)6(17-4)3-16-19(9,10)7-20(11,12)18-21(13,14)15/h4-6,8H,2-3H2,1H3,(H2,13,14,15)(H3,7,9,10,11,12)/p-4/t4-,5?,6+/m1/s1. The Balaban J connectivity index is 2.56. The van der Waals surface area contributed by atoms with Crippen molar-refractivity contribution in [3.63, 3.8) is 0 Å². The minimum absolute atomic E-state index is 0.239. The van der Waals surface area contributed by atoms with E-state index < -0.39 is 42.1 Å². The zero-order valence-electron chi connectivity index (χ0n) is 10.5. The molecule has 3 unspecified atom stereocenters. The third-order valence-corrected chi connectivity index (χ3v) is 6.38. The molecule has 1 aliphatic heterocycles. The van der Waals surface area contributed by atoms with Gasteiger partial charge in [0.1, 0.15) is 6.10 Å². The molecular formula is C6H12NO11P3-4. The van der Waals surface area contributed by atoms with Crippen LogP contribution in [0.25, 0.3) is 0 Å². The largest absolute Gasteiger partial charge is 0.790 e. The molecule has 12 nitrogen and oxygen atoms in total. The van der Waals surface area contributed by atoms with Crippen molar-refractivity contribution in [1.29, 1.82) is 0 Å². The Morgan fingerprint density at radius 1 is 1.24 bits per heavy atom. The molecule has 1 rings (SSSR count). The van der Waals surface area contributed by atoms with Gasteiger partial charge in [0.05, 0.1) is 26.6 Å². The van der Waals surface area contributed by atoms with Crippen LogP contribution in [-0.4, -0.2) is 30.0 Å². The van der Waals surface area contributed by atoms with Gasteiger partial charge in [-0.1, -0.05) is 0 Å². The minimum atomic E-state index is -5.95. The van der Waals surface area contributed by atoms with Crippen LogP contribution in [0.5, 0.6) is 0 Å². The summed E-state index contributed by atoms with van der Waals surface area (Å²) in [4.78, 5) is 43.3. The summed E-state index contributed by atoms with van der Waals surface area (Å²) in [6.07, 6.45) is -2.10. The predicted octanol–water partition coefficient (Wildman–Crippen LogP) is -3.09. The highest BCUT2D eigenvalue weighted by Gasteiger charge is 2.32. The summed E-state index contributed by atoms with van der Waals surface area (Å²) in [5, 5.41) is 9.46. The Bertz CT molecular complexity index is 504. The first-order valence-electron chi connectivity index (χ1n) is 5.43. The lowest BCUT2D eigenvalue weighted by Gasteiger charge is -2.39. The fourth-order valence-corrected chi connectivity index (χ4v) is 4.89. The Labute approximate surface area is 119 Å². The molecule has 0 saturated carbocycles. The smallest absolute Gasteiger partial charge is 0.214 e. The van der Waals surface area contributed by atoms with Crippen molar-refractivity contribution in [2.75, 3.05) is 6.61 Å². The molecule has 2 N–H and O–H groups in total. The molecule has 21 heavy (non-hydrogen) atoms. The first-order valence-corrected chi connectivity index (χ1v) is 9.97. The molecule has 5 atom stereocenters. The highest BCUT2D eigenvalue weighted by Crippen LogP contribution is 2.53. The molecular weight excluding hydrogens is 355 g/mol. The minimum Gasteiger partial charge on any atom is -0.790 e. The van der Waals surface area contributed by atoms with E-state index in [-0.39, 0.29) is 12.5 Å². The summed E-state index contributed by atoms with van der Waals surface area (Å²) >= 11 is 0. The van der Waals surface area contributed by atoms with Gasteiger partial charge in [0.2, 0.25) is 15.5 Å². The van der Waals surface area contributed by atoms with Crippen molar-refractivity contribution >= 4 is 23.3 Å². The van der Waals surface area contributed by atoms with Gasteiger partial charge >= 0.3 is 0 Å². The molecule has 0 aliphatic carbocycles. The van der Waals surface area contributed by atoms with Crippen LogP contribution in [0.3, 0.4) is 0 Å². The van der Waals surface area contributed by atoms with E-state index in [4.69, 9.17) is 4.74 Å². The van der Waals surface area contributed by atoms with E-state index in [1.54, 1.807) is 6.92 Å². The average molecular weight is 367 g/mol. The summed E-state index contributed by atoms with van der Waals surface area (Å²) in [7, 11) is -17.0. The molecule has 0 spiro atoms. The Kier molecular flexibility index (Phi) is 6.31. The zero-order valence-corrected chi connectivity index (χ0v) is 13.2. The Morgan fingerprint density at radius 3 is 2.24 bits per heavy atom. The van der Waals surface area contributed by atoms with Crippen molar-refractivity contribution in [1.82, 2.24) is 4.86 Å². The van der Waals surface area contributed by atoms with Crippen LogP contribution in [0.1, 0.15) is 13.3 Å². The summed E-state index contributed by atoms with van der Waals surface area (Å²) in [5.74, 6) is 0. The van der Waals surface area contributed by atoms with Gasteiger partial charge in [-0.2, -0.15) is 4.86 Å². The van der Waals surface area contributed by atoms with Crippen LogP contribution in [0, 0.1) is 0 Å². The number of nitrogens with one attached hydrogen (secondary N) is 1. The highest BCUT2D eigenvalue weighted by molar-refractivity contribution is 7.69. The van der Waals surface area contributed by atoms with E-state index in [0.29, 0.717) is 0 Å². The summed E-state index contributed by atoms with van der Waals surface area (Å²) in [6.45, 7) is 0.920. The van der Waals surface area contributed by atoms with Gasteiger partial charge in [-0.25, -0.2) is 0 Å². The van der Waals surface area contributed by atoms with Crippen molar-refractivity contribution in [3.8, 4) is 0 Å². The molecule has 0 radical (unpaired) electrons. The fraction of sp³-hybridized carbons (Fsp3) is 1.00. The maximum absolute atomic E-state index is 11.3. The van der Waals surface area contributed by atoms with E-state index in [9.17, 15) is 38.4 Å². The van der Waals surface area contributed by atoms with Crippen molar-refractivity contribution < 1.29 is 51.9 Å². The lowest BCUT2D eigenvalue weighted by Crippen LogP contribution is -2.31. The molecule has 0 amide bonds. The van der Waals surface area contributed by atoms with E-state index in [2.05, 4.69) is 8.83 Å². The van der Waals surface area contributed by atoms with Gasteiger partial charge in [-0.05, 0) is 6.92 Å². The Hall–Kier alpha value is 0.330. The van der Waals surface area contributed by atoms with Gasteiger partial charge in [-0.3, -0.25) is 13.4 Å². The molecule has 1 saturated heterocycles. The van der Waals surface area contributed by atoms with Crippen molar-refractivity contribution in [2.45, 2.75) is 31.7 Å². The fourth-order valence-electron chi connectivity index (χ4n) is 1.59. The second-order valence-electron chi connectivity index (χ2n) is 4.21. The SMILES string of the molecule is C[C@@H]1CC(O)[C@H](COP(=O)([O-])NP(=O)([O-])OP(=O)([O-])[O-])O1. The van der Waals surface area contributed by atoms with Crippen LogP contribution >= 0.6 is 23.3 Å². The lowest BCUT2D eigenvalue weighted by molar-refractivity contribution is -0.337. The molecule has 1 heterocycles. The van der Waals surface area contributed by atoms with Crippen LogP contribution in [0.2, 0.25) is 0 Å². The van der Waals surface area contributed by atoms with Crippen LogP contribution in [0.15, 0.2) is 0 Å². The van der Waals surface area contributed by atoms with Crippen LogP contribution in [-0.2, 0) is 27.3 Å². The summed E-state index contributed by atoms with van der Waals surface area (Å²) in [5.41, 5.74) is 0. The van der Waals surface area contributed by atoms with Gasteiger partial charge < -0.3 is 38.5 Å². The molecule has 1 aliphatic rings. The maximum atomic E-state index is 11.3. The molecule has 0 aromatic rings. The van der Waals surface area contributed by atoms with Gasteiger partial charge in [0.15, 0.2) is 0 Å². The summed E-state index contributed by atoms with van der Waals surface area (Å²) in [6, 6.07) is 0. The second-order valence-corrected chi connectivity index (χ2v) is 8.80.